The van der Waals surface area contributed by atoms with E-state index in [0.717, 1.165) is 10.5 Å². The lowest BCUT2D eigenvalue weighted by atomic mass is 9.78. The van der Waals surface area contributed by atoms with Gasteiger partial charge < -0.3 is 81.4 Å². The van der Waals surface area contributed by atoms with Gasteiger partial charge in [0.15, 0.2) is 6.10 Å². The lowest BCUT2D eigenvalue weighted by Crippen LogP contribution is -2.61. The Morgan fingerprint density at radius 1 is 0.773 bits per heavy atom. The molecular weight excluding hydrogens is 874 g/mol. The number of amides is 5. The second-order valence-corrected chi connectivity index (χ2v) is 16.8. The molecule has 4 unspecified atom stereocenters. The molecule has 0 saturated carbocycles. The smallest absolute Gasteiger partial charge is 0.335 e. The minimum absolute atomic E-state index is 0. The highest BCUT2D eigenvalue weighted by atomic mass is 16.7. The zero-order valence-electron chi connectivity index (χ0n) is 37.0. The van der Waals surface area contributed by atoms with Gasteiger partial charge in [-0.15, -0.1) is 0 Å². The monoisotopic (exact) mass is 935 g/mol. The maximum absolute atomic E-state index is 13.6. The summed E-state index contributed by atoms with van der Waals surface area (Å²) in [6, 6.07) is 4.80. The molecular formula is C43H61N5O18. The topological polar surface area (TPSA) is 307 Å². The van der Waals surface area contributed by atoms with Crippen LogP contribution in [0.4, 0.5) is 5.69 Å². The van der Waals surface area contributed by atoms with Gasteiger partial charge in [0.1, 0.15) is 30.6 Å². The van der Waals surface area contributed by atoms with Crippen molar-refractivity contribution in [3.8, 4) is 5.75 Å². The number of piperazine rings is 1. The summed E-state index contributed by atoms with van der Waals surface area (Å²) in [6.45, 7) is 3.60. The van der Waals surface area contributed by atoms with Crippen molar-refractivity contribution in [1.82, 2.24) is 15.1 Å². The van der Waals surface area contributed by atoms with Gasteiger partial charge in [0.2, 0.25) is 24.0 Å². The van der Waals surface area contributed by atoms with Crippen molar-refractivity contribution in [3.63, 3.8) is 0 Å². The first-order valence-corrected chi connectivity index (χ1v) is 21.6. The van der Waals surface area contributed by atoms with E-state index >= 15 is 0 Å². The van der Waals surface area contributed by atoms with Gasteiger partial charge in [-0.3, -0.25) is 33.7 Å². The van der Waals surface area contributed by atoms with Crippen LogP contribution in [0, 0.1) is 19.3 Å². The van der Waals surface area contributed by atoms with Crippen molar-refractivity contribution >= 4 is 47.2 Å². The molecule has 1 aromatic carbocycles. The predicted octanol–water partition coefficient (Wildman–Crippen LogP) is -2.12. The number of aliphatic carboxylic acids is 2. The zero-order chi connectivity index (χ0) is 46.8. The number of hydrogen-bond acceptors (Lipinski definition) is 16. The molecule has 0 aromatic heterocycles. The van der Waals surface area contributed by atoms with Crippen molar-refractivity contribution in [2.45, 2.75) is 75.1 Å². The first-order chi connectivity index (χ1) is 31.0. The molecule has 5 heterocycles. The molecule has 5 aliphatic heterocycles. The van der Waals surface area contributed by atoms with Crippen molar-refractivity contribution in [3.05, 3.63) is 43.3 Å². The summed E-state index contributed by atoms with van der Waals surface area (Å²) >= 11 is 0. The molecule has 0 aliphatic carbocycles. The predicted molar refractivity (Wildman–Crippen MR) is 226 cm³/mol. The molecule has 0 spiro atoms. The average molecular weight is 936 g/mol. The molecule has 23 heteroatoms. The third-order valence-corrected chi connectivity index (χ3v) is 12.2. The second kappa shape index (κ2) is 23.6. The highest BCUT2D eigenvalue weighted by Gasteiger charge is 2.57. The maximum atomic E-state index is 13.6. The normalized spacial score (nSPS) is 27.7. The number of aliphatic hydroxyl groups is 3. The van der Waals surface area contributed by atoms with Crippen LogP contribution in [0.2, 0.25) is 0 Å². The van der Waals surface area contributed by atoms with Crippen LogP contribution in [-0.2, 0) is 63.8 Å². The number of carboxylic acid groups (broad SMARTS) is 2. The van der Waals surface area contributed by atoms with Crippen LogP contribution in [0.5, 0.6) is 5.75 Å². The number of fused-ring (bicyclic) bond motifs is 2. The van der Waals surface area contributed by atoms with E-state index in [1.54, 1.807) is 17.0 Å². The van der Waals surface area contributed by atoms with E-state index in [2.05, 4.69) is 10.6 Å². The van der Waals surface area contributed by atoms with Crippen LogP contribution in [0.25, 0.3) is 0 Å². The van der Waals surface area contributed by atoms with Gasteiger partial charge in [-0.2, -0.15) is 0 Å². The molecule has 0 radical (unpaired) electrons. The van der Waals surface area contributed by atoms with E-state index in [1.807, 2.05) is 7.05 Å². The number of aliphatic hydroxyl groups excluding tert-OH is 3. The number of hydrogen-bond donors (Lipinski definition) is 7. The first-order valence-electron chi connectivity index (χ1n) is 21.6. The average Bonchev–Trinajstić information content (AvgIpc) is 3.98. The number of nitrogens with one attached hydrogen (secondary N) is 2. The summed E-state index contributed by atoms with van der Waals surface area (Å²) in [5, 5.41) is 55.9. The largest absolute Gasteiger partial charge is 0.481 e. The molecule has 66 heavy (non-hydrogen) atoms. The van der Waals surface area contributed by atoms with E-state index in [9.17, 15) is 59.1 Å². The molecule has 5 amide bonds. The van der Waals surface area contributed by atoms with Crippen LogP contribution < -0.4 is 15.4 Å². The highest BCUT2D eigenvalue weighted by molar-refractivity contribution is 6.12. The third kappa shape index (κ3) is 13.1. The van der Waals surface area contributed by atoms with E-state index in [1.165, 1.54) is 18.2 Å². The third-order valence-electron chi connectivity index (χ3n) is 12.2. The molecule has 5 aliphatic rings. The van der Waals surface area contributed by atoms with Crippen LogP contribution in [0.1, 0.15) is 31.2 Å². The molecule has 7 N–H and O–H groups in total. The Morgan fingerprint density at radius 3 is 2.03 bits per heavy atom. The Labute approximate surface area is 381 Å². The Hall–Kier alpha value is -5.11. The van der Waals surface area contributed by atoms with Crippen molar-refractivity contribution in [1.29, 1.82) is 0 Å². The van der Waals surface area contributed by atoms with Gasteiger partial charge in [-0.1, -0.05) is 0 Å². The van der Waals surface area contributed by atoms with Gasteiger partial charge in [0.25, 0.3) is 11.8 Å². The van der Waals surface area contributed by atoms with Crippen LogP contribution in [0.3, 0.4) is 0 Å². The molecule has 9 atom stereocenters. The van der Waals surface area contributed by atoms with E-state index in [-0.39, 0.29) is 108 Å². The number of carboxylic acids is 2. The standard InChI is InChI=1S/C42H57N5O18.CH3/c1-47(14-11-45(12-15-47)39(55)33-27-4-5-28(63-27)34(33)40(56)57)23-24-2-3-26(64-42-37(54)35(52)36(53)38(65-42)41(58)59)25(22-24)44-30(49)8-10-43-29(48)9-16-60-18-20-62-21-19-61-17-13-46-31(50)6-7-32(46)51;/h2-3,6-7,22,27-28,33-38,42,52-54H,4-5,8-21,23H2,1H3,(H3-,43,44,48,49,56,57,58,59);1H3/q;-1/p+1/t27?,28?,33?,34?,35-,36-,37+,38-,42+;/m0./s1. The van der Waals surface area contributed by atoms with Crippen molar-refractivity contribution in [2.24, 2.45) is 11.8 Å². The number of carbonyl (C=O) groups excluding carboxylic acids is 5. The summed E-state index contributed by atoms with van der Waals surface area (Å²) in [7, 11) is 2.00. The van der Waals surface area contributed by atoms with E-state index in [0.29, 0.717) is 50.0 Å². The van der Waals surface area contributed by atoms with Crippen LogP contribution in [0.15, 0.2) is 30.4 Å². The van der Waals surface area contributed by atoms with Gasteiger partial charge in [0.05, 0.1) is 109 Å². The molecule has 2 bridgehead atoms. The fourth-order valence-electron chi connectivity index (χ4n) is 8.56. The molecule has 23 nitrogen and oxygen atoms in total. The van der Waals surface area contributed by atoms with Crippen LogP contribution in [-0.4, -0.2) is 210 Å². The Bertz CT molecular complexity index is 1920. The highest BCUT2D eigenvalue weighted by Crippen LogP contribution is 2.44. The number of benzene rings is 1. The number of ether oxygens (including phenoxy) is 6. The summed E-state index contributed by atoms with van der Waals surface area (Å²) < 4.78 is 33.6. The Balaban J connectivity index is 0.00000817. The molecule has 366 valence electrons. The Kier molecular flexibility index (Phi) is 18.5. The molecule has 4 saturated heterocycles. The van der Waals surface area contributed by atoms with E-state index < -0.39 is 72.6 Å². The SMILES string of the molecule is C[N+]1(Cc2ccc(O[C@@H]3O[C@H](C(=O)O)[C@@H](O)[C@H](O)[C@H]3O)c(NC(=O)CCNC(=O)CCOCCOCCOCCN3C(=O)C=CC3=O)c2)CCN(C(=O)C2C3CCC(O3)C2C(=O)O)CC1.[CH3-]. The summed E-state index contributed by atoms with van der Waals surface area (Å²) in [5.74, 6) is -6.15. The van der Waals surface area contributed by atoms with E-state index in [4.69, 9.17) is 28.4 Å². The number of rotatable bonds is 23. The van der Waals surface area contributed by atoms with Gasteiger partial charge in [-0.05, 0) is 31.0 Å². The van der Waals surface area contributed by atoms with Crippen molar-refractivity contribution in [2.75, 3.05) is 91.3 Å². The summed E-state index contributed by atoms with van der Waals surface area (Å²) in [4.78, 5) is 88.8. The van der Waals surface area contributed by atoms with Crippen molar-refractivity contribution < 1.29 is 92.0 Å². The van der Waals surface area contributed by atoms with Gasteiger partial charge in [0, 0.05) is 37.1 Å². The fourth-order valence-corrected chi connectivity index (χ4v) is 8.56. The minimum Gasteiger partial charge on any atom is -0.481 e. The van der Waals surface area contributed by atoms with Crippen LogP contribution >= 0.6 is 0 Å². The fraction of sp³-hybridized carbons (Fsp3) is 0.628. The summed E-state index contributed by atoms with van der Waals surface area (Å²) in [5.41, 5.74) is 0.829. The first kappa shape index (κ1) is 51.9. The minimum atomic E-state index is -1.95. The quantitative estimate of drug-likeness (QED) is 0.0267. The number of likely N-dealkylation sites (N-methyl/N-ethyl adjacent to an activating group) is 1. The lowest BCUT2D eigenvalue weighted by molar-refractivity contribution is -0.926. The van der Waals surface area contributed by atoms with Gasteiger partial charge >= 0.3 is 11.9 Å². The second-order valence-electron chi connectivity index (χ2n) is 16.8. The molecule has 4 fully saturated rings. The summed E-state index contributed by atoms with van der Waals surface area (Å²) in [6.07, 6.45) is -6.77. The number of imide groups is 1. The number of nitrogens with zero attached hydrogens (tertiary/aromatic N) is 3. The number of anilines is 1. The number of quaternary nitrogens is 1. The lowest BCUT2D eigenvalue weighted by Gasteiger charge is -2.43. The van der Waals surface area contributed by atoms with Gasteiger partial charge in [-0.25, -0.2) is 4.79 Å². The molecule has 6 rings (SSSR count). The molecule has 1 aromatic rings. The Morgan fingerprint density at radius 2 is 1.39 bits per heavy atom. The maximum Gasteiger partial charge on any atom is 0.335 e. The number of carbonyl (C=O) groups is 7. The zero-order valence-corrected chi connectivity index (χ0v) is 37.0.